The number of likely N-dealkylation sites (tertiary alicyclic amines) is 1. The van der Waals surface area contributed by atoms with Gasteiger partial charge in [0.25, 0.3) is 5.91 Å². The Morgan fingerprint density at radius 2 is 2.00 bits per heavy atom. The van der Waals surface area contributed by atoms with E-state index in [-0.39, 0.29) is 17.6 Å². The minimum Gasteiger partial charge on any atom is -0.476 e. The summed E-state index contributed by atoms with van der Waals surface area (Å²) in [5.41, 5.74) is 1.34. The van der Waals surface area contributed by atoms with Gasteiger partial charge < -0.3 is 10.0 Å². The van der Waals surface area contributed by atoms with E-state index in [4.69, 9.17) is 16.7 Å². The van der Waals surface area contributed by atoms with Gasteiger partial charge in [-0.05, 0) is 37.5 Å². The second-order valence-corrected chi connectivity index (χ2v) is 6.23. The van der Waals surface area contributed by atoms with Crippen LogP contribution in [0.3, 0.4) is 0 Å². The molecule has 0 unspecified atom stereocenters. The van der Waals surface area contributed by atoms with Gasteiger partial charge in [-0.1, -0.05) is 22.9 Å². The monoisotopic (exact) mass is 348 g/mol. The van der Waals surface area contributed by atoms with Gasteiger partial charge in [-0.2, -0.15) is 0 Å². The van der Waals surface area contributed by atoms with Crippen LogP contribution in [0, 0.1) is 6.92 Å². The first kappa shape index (κ1) is 16.4. The molecule has 1 aliphatic heterocycles. The van der Waals surface area contributed by atoms with E-state index in [1.807, 2.05) is 6.92 Å². The lowest BCUT2D eigenvalue weighted by atomic mass is 10.0. The van der Waals surface area contributed by atoms with Crippen molar-refractivity contribution in [2.75, 3.05) is 13.1 Å². The van der Waals surface area contributed by atoms with Crippen molar-refractivity contribution >= 4 is 23.5 Å². The highest BCUT2D eigenvalue weighted by molar-refractivity contribution is 6.31. The first-order valence-corrected chi connectivity index (χ1v) is 8.04. The van der Waals surface area contributed by atoms with Gasteiger partial charge in [0.2, 0.25) is 0 Å². The summed E-state index contributed by atoms with van der Waals surface area (Å²) in [5, 5.41) is 17.0. The molecule has 1 fully saturated rings. The zero-order chi connectivity index (χ0) is 17.3. The number of aromatic carboxylic acids is 1. The number of carboxylic acid groups (broad SMARTS) is 1. The molecule has 0 spiro atoms. The van der Waals surface area contributed by atoms with Crippen molar-refractivity contribution in [2.45, 2.75) is 25.8 Å². The molecule has 24 heavy (non-hydrogen) atoms. The number of carbonyl (C=O) groups excluding carboxylic acids is 1. The van der Waals surface area contributed by atoms with Crippen LogP contribution < -0.4 is 0 Å². The first-order valence-electron chi connectivity index (χ1n) is 7.67. The standard InChI is InChI=1S/C16H17ClN4O3/c1-10-12(3-2-4-13(10)17)15(22)20-7-5-11(6-8-20)21-9-14(16(23)24)18-19-21/h2-4,9,11H,5-8H2,1H3,(H,23,24). The minimum atomic E-state index is -1.09. The number of rotatable bonds is 3. The van der Waals surface area contributed by atoms with E-state index in [1.165, 1.54) is 6.20 Å². The highest BCUT2D eigenvalue weighted by atomic mass is 35.5. The topological polar surface area (TPSA) is 88.3 Å². The van der Waals surface area contributed by atoms with E-state index in [0.717, 1.165) is 5.56 Å². The van der Waals surface area contributed by atoms with Crippen molar-refractivity contribution in [3.63, 3.8) is 0 Å². The van der Waals surface area contributed by atoms with Crippen molar-refractivity contribution in [3.05, 3.63) is 46.2 Å². The highest BCUT2D eigenvalue weighted by Crippen LogP contribution is 2.25. The fraction of sp³-hybridized carbons (Fsp3) is 0.375. The zero-order valence-corrected chi connectivity index (χ0v) is 13.9. The SMILES string of the molecule is Cc1c(Cl)cccc1C(=O)N1CCC(n2cc(C(=O)O)nn2)CC1. The largest absolute Gasteiger partial charge is 0.476 e. The number of benzene rings is 1. The van der Waals surface area contributed by atoms with E-state index in [2.05, 4.69) is 10.3 Å². The molecule has 0 saturated carbocycles. The van der Waals surface area contributed by atoms with Crippen LogP contribution in [0.5, 0.6) is 0 Å². The molecule has 3 rings (SSSR count). The first-order chi connectivity index (χ1) is 11.5. The van der Waals surface area contributed by atoms with Crippen LogP contribution in [-0.2, 0) is 0 Å². The summed E-state index contributed by atoms with van der Waals surface area (Å²) in [4.78, 5) is 25.3. The van der Waals surface area contributed by atoms with E-state index >= 15 is 0 Å². The van der Waals surface area contributed by atoms with Crippen LogP contribution in [0.15, 0.2) is 24.4 Å². The summed E-state index contributed by atoms with van der Waals surface area (Å²) >= 11 is 6.09. The van der Waals surface area contributed by atoms with Crippen LogP contribution in [0.4, 0.5) is 0 Å². The average molecular weight is 349 g/mol. The Morgan fingerprint density at radius 3 is 2.62 bits per heavy atom. The third-order valence-electron chi connectivity index (χ3n) is 4.35. The van der Waals surface area contributed by atoms with Crippen LogP contribution >= 0.6 is 11.6 Å². The molecule has 0 atom stereocenters. The smallest absolute Gasteiger partial charge is 0.358 e. The molecule has 1 saturated heterocycles. The molecule has 7 nitrogen and oxygen atoms in total. The number of halogens is 1. The molecule has 1 N–H and O–H groups in total. The third kappa shape index (κ3) is 3.12. The molecular formula is C16H17ClN4O3. The van der Waals surface area contributed by atoms with Crippen molar-refractivity contribution in [2.24, 2.45) is 0 Å². The van der Waals surface area contributed by atoms with Gasteiger partial charge >= 0.3 is 5.97 Å². The second-order valence-electron chi connectivity index (χ2n) is 5.82. The van der Waals surface area contributed by atoms with Gasteiger partial charge in [0.05, 0.1) is 12.2 Å². The quantitative estimate of drug-likeness (QED) is 0.920. The predicted octanol–water partition coefficient (Wildman–Crippen LogP) is 2.42. The summed E-state index contributed by atoms with van der Waals surface area (Å²) in [6.45, 7) is 3.00. The van der Waals surface area contributed by atoms with Crippen LogP contribution in [0.2, 0.25) is 5.02 Å². The normalized spacial score (nSPS) is 15.5. The zero-order valence-electron chi connectivity index (χ0n) is 13.1. The summed E-state index contributed by atoms with van der Waals surface area (Å²) in [6.07, 6.45) is 2.84. The van der Waals surface area contributed by atoms with Crippen LogP contribution in [0.25, 0.3) is 0 Å². The van der Waals surface area contributed by atoms with Crippen molar-refractivity contribution in [1.82, 2.24) is 19.9 Å². The minimum absolute atomic E-state index is 0.0294. The lowest BCUT2D eigenvalue weighted by Gasteiger charge is -2.32. The average Bonchev–Trinajstić information content (AvgIpc) is 3.07. The van der Waals surface area contributed by atoms with Gasteiger partial charge in [-0.15, -0.1) is 5.10 Å². The number of aromatic nitrogens is 3. The Labute approximate surface area is 143 Å². The summed E-state index contributed by atoms with van der Waals surface area (Å²) < 4.78 is 1.58. The second kappa shape index (κ2) is 6.60. The van der Waals surface area contributed by atoms with E-state index in [9.17, 15) is 9.59 Å². The number of nitrogens with zero attached hydrogens (tertiary/aromatic N) is 4. The molecule has 2 heterocycles. The Balaban J connectivity index is 1.67. The molecule has 0 aliphatic carbocycles. The molecule has 1 aliphatic rings. The van der Waals surface area contributed by atoms with Gasteiger partial charge in [-0.25, -0.2) is 9.48 Å². The fourth-order valence-electron chi connectivity index (χ4n) is 2.90. The number of carbonyl (C=O) groups is 2. The maximum atomic E-state index is 12.7. The molecule has 0 bridgehead atoms. The number of amides is 1. The van der Waals surface area contributed by atoms with Gasteiger partial charge in [0.15, 0.2) is 5.69 Å². The van der Waals surface area contributed by atoms with Crippen molar-refractivity contribution in [3.8, 4) is 0 Å². The lowest BCUT2D eigenvalue weighted by Crippen LogP contribution is -2.39. The number of piperidine rings is 1. The molecule has 126 valence electrons. The van der Waals surface area contributed by atoms with Crippen molar-refractivity contribution < 1.29 is 14.7 Å². The number of hydrogen-bond donors (Lipinski definition) is 1. The Hall–Kier alpha value is -2.41. The predicted molar refractivity (Wildman–Crippen MR) is 87.3 cm³/mol. The number of hydrogen-bond acceptors (Lipinski definition) is 4. The fourth-order valence-corrected chi connectivity index (χ4v) is 3.07. The third-order valence-corrected chi connectivity index (χ3v) is 4.76. The van der Waals surface area contributed by atoms with E-state index in [0.29, 0.717) is 36.5 Å². The highest BCUT2D eigenvalue weighted by Gasteiger charge is 2.26. The molecule has 2 aromatic rings. The van der Waals surface area contributed by atoms with Gasteiger partial charge in [0, 0.05) is 23.7 Å². The van der Waals surface area contributed by atoms with Crippen molar-refractivity contribution in [1.29, 1.82) is 0 Å². The van der Waals surface area contributed by atoms with E-state index < -0.39 is 5.97 Å². The Morgan fingerprint density at radius 1 is 1.29 bits per heavy atom. The Bertz CT molecular complexity index is 781. The lowest BCUT2D eigenvalue weighted by molar-refractivity contribution is 0.0683. The van der Waals surface area contributed by atoms with Crippen LogP contribution in [0.1, 0.15) is 45.3 Å². The van der Waals surface area contributed by atoms with E-state index in [1.54, 1.807) is 27.8 Å². The molecule has 1 amide bonds. The maximum Gasteiger partial charge on any atom is 0.358 e. The summed E-state index contributed by atoms with van der Waals surface area (Å²) in [7, 11) is 0. The molecule has 8 heteroatoms. The van der Waals surface area contributed by atoms with Gasteiger partial charge in [-0.3, -0.25) is 4.79 Å². The molecule has 1 aromatic carbocycles. The maximum absolute atomic E-state index is 12.7. The van der Waals surface area contributed by atoms with Crippen LogP contribution in [-0.4, -0.2) is 50.0 Å². The molecular weight excluding hydrogens is 332 g/mol. The number of carboxylic acids is 1. The summed E-state index contributed by atoms with van der Waals surface area (Å²) in [5.74, 6) is -1.12. The summed E-state index contributed by atoms with van der Waals surface area (Å²) in [6, 6.07) is 5.38. The van der Waals surface area contributed by atoms with Gasteiger partial charge in [0.1, 0.15) is 0 Å². The molecule has 1 aromatic heterocycles. The molecule has 0 radical (unpaired) electrons. The Kier molecular flexibility index (Phi) is 4.53.